The Morgan fingerprint density at radius 1 is 1.11 bits per heavy atom. The zero-order valence-electron chi connectivity index (χ0n) is 20.1. The number of carbonyl (C=O) groups is 2. The van der Waals surface area contributed by atoms with Crippen molar-refractivity contribution in [3.05, 3.63) is 76.6 Å². The highest BCUT2D eigenvalue weighted by Gasteiger charge is 2.36. The number of carbonyl (C=O) groups excluding carboxylic acids is 2. The van der Waals surface area contributed by atoms with Crippen LogP contribution in [0.4, 0.5) is 10.1 Å². The van der Waals surface area contributed by atoms with Gasteiger partial charge in [-0.1, -0.05) is 6.07 Å². The fourth-order valence-corrected chi connectivity index (χ4v) is 3.65. The van der Waals surface area contributed by atoms with Gasteiger partial charge in [-0.25, -0.2) is 9.18 Å². The van der Waals surface area contributed by atoms with Crippen LogP contribution in [0.5, 0.6) is 11.5 Å². The van der Waals surface area contributed by atoms with E-state index < -0.39 is 23.6 Å². The molecule has 0 saturated carbocycles. The van der Waals surface area contributed by atoms with Gasteiger partial charge in [0.05, 0.1) is 24.7 Å². The fourth-order valence-electron chi connectivity index (χ4n) is 3.65. The van der Waals surface area contributed by atoms with Crippen LogP contribution in [0.1, 0.15) is 32.3 Å². The molecule has 0 spiro atoms. The normalized spacial score (nSPS) is 15.0. The smallest absolute Gasteiger partial charge is 0.338 e. The van der Waals surface area contributed by atoms with Gasteiger partial charge in [0.25, 0.3) is 5.91 Å². The molecule has 0 radical (unpaired) electrons. The lowest BCUT2D eigenvalue weighted by atomic mass is 9.83. The molecule has 0 saturated heterocycles. The van der Waals surface area contributed by atoms with Crippen LogP contribution in [0.15, 0.2) is 65.3 Å². The zero-order valence-corrected chi connectivity index (χ0v) is 20.1. The van der Waals surface area contributed by atoms with E-state index in [1.54, 1.807) is 39.0 Å². The maximum absolute atomic E-state index is 13.1. The molecule has 1 aliphatic heterocycles. The molecule has 3 rings (SSSR count). The monoisotopic (exact) mass is 495 g/mol. The second kappa shape index (κ2) is 11.8. The maximum Gasteiger partial charge on any atom is 0.338 e. The van der Waals surface area contributed by atoms with Gasteiger partial charge >= 0.3 is 5.97 Å². The third kappa shape index (κ3) is 5.93. The highest BCUT2D eigenvalue weighted by atomic mass is 19.1. The third-order valence-corrected chi connectivity index (χ3v) is 5.19. The Bertz CT molecular complexity index is 1250. The van der Waals surface area contributed by atoms with Gasteiger partial charge in [0.2, 0.25) is 5.88 Å². The van der Waals surface area contributed by atoms with Crippen molar-refractivity contribution in [1.82, 2.24) is 0 Å². The largest absolute Gasteiger partial charge is 0.490 e. The molecular formula is C26H26FN3O6. The number of esters is 1. The second-order valence-electron chi connectivity index (χ2n) is 7.60. The number of benzene rings is 2. The minimum Gasteiger partial charge on any atom is -0.490 e. The van der Waals surface area contributed by atoms with E-state index in [1.807, 2.05) is 6.07 Å². The Kier molecular flexibility index (Phi) is 8.52. The number of amides is 1. The number of nitriles is 1. The Balaban J connectivity index is 1.88. The Morgan fingerprint density at radius 2 is 1.83 bits per heavy atom. The van der Waals surface area contributed by atoms with Crippen LogP contribution >= 0.6 is 0 Å². The molecule has 1 unspecified atom stereocenters. The summed E-state index contributed by atoms with van der Waals surface area (Å²) in [6, 6.07) is 12.2. The molecular weight excluding hydrogens is 469 g/mol. The predicted molar refractivity (Wildman–Crippen MR) is 128 cm³/mol. The average Bonchev–Trinajstić information content (AvgIpc) is 2.84. The average molecular weight is 496 g/mol. The van der Waals surface area contributed by atoms with Crippen molar-refractivity contribution < 1.29 is 32.9 Å². The van der Waals surface area contributed by atoms with Gasteiger partial charge in [0, 0.05) is 5.69 Å². The van der Waals surface area contributed by atoms with Gasteiger partial charge in [-0.2, -0.15) is 5.26 Å². The summed E-state index contributed by atoms with van der Waals surface area (Å²) < 4.78 is 35.0. The van der Waals surface area contributed by atoms with Crippen LogP contribution in [-0.4, -0.2) is 31.7 Å². The van der Waals surface area contributed by atoms with Crippen molar-refractivity contribution in [2.75, 3.05) is 25.1 Å². The minimum atomic E-state index is -0.849. The lowest BCUT2D eigenvalue weighted by Gasteiger charge is -2.27. The van der Waals surface area contributed by atoms with E-state index in [4.69, 9.17) is 24.7 Å². The van der Waals surface area contributed by atoms with Gasteiger partial charge < -0.3 is 30.0 Å². The van der Waals surface area contributed by atoms with Gasteiger partial charge in [-0.15, -0.1) is 0 Å². The number of nitrogens with one attached hydrogen (secondary N) is 1. The van der Waals surface area contributed by atoms with Gasteiger partial charge in [-0.05, 0) is 62.7 Å². The molecule has 1 heterocycles. The molecule has 2 aromatic rings. The summed E-state index contributed by atoms with van der Waals surface area (Å²) in [5.41, 5.74) is 7.10. The van der Waals surface area contributed by atoms with Crippen molar-refractivity contribution in [3.63, 3.8) is 0 Å². The standard InChI is InChI=1S/C26H26FN3O6/c1-4-33-21-12-16(24-19(13-28)25(29)36-15(3)23(24)26(32)34-5-2)6-11-20(21)35-14-22(31)30-18-9-7-17(27)8-10-18/h6-12,24H,4-5,14,29H2,1-3H3,(H,30,31). The summed E-state index contributed by atoms with van der Waals surface area (Å²) in [6.07, 6.45) is 0. The van der Waals surface area contributed by atoms with E-state index >= 15 is 0 Å². The number of hydrogen-bond acceptors (Lipinski definition) is 8. The molecule has 2 aromatic carbocycles. The van der Waals surface area contributed by atoms with Crippen LogP contribution in [0.3, 0.4) is 0 Å². The fraction of sp³-hybridized carbons (Fsp3) is 0.269. The maximum atomic E-state index is 13.1. The number of ether oxygens (including phenoxy) is 4. The molecule has 36 heavy (non-hydrogen) atoms. The van der Waals surface area contributed by atoms with E-state index in [1.165, 1.54) is 24.3 Å². The van der Waals surface area contributed by atoms with E-state index in [0.29, 0.717) is 17.0 Å². The Hall–Kier alpha value is -4.52. The van der Waals surface area contributed by atoms with Crippen LogP contribution < -0.4 is 20.5 Å². The van der Waals surface area contributed by atoms with Crippen LogP contribution in [-0.2, 0) is 19.1 Å². The Morgan fingerprint density at radius 3 is 2.47 bits per heavy atom. The molecule has 0 aliphatic carbocycles. The molecule has 3 N–H and O–H groups in total. The first-order valence-electron chi connectivity index (χ1n) is 11.2. The first kappa shape index (κ1) is 26.1. The van der Waals surface area contributed by atoms with E-state index in [2.05, 4.69) is 5.32 Å². The molecule has 0 aromatic heterocycles. The van der Waals surface area contributed by atoms with Gasteiger partial charge in [0.15, 0.2) is 18.1 Å². The number of nitrogens with zero attached hydrogens (tertiary/aromatic N) is 1. The molecule has 0 bridgehead atoms. The number of hydrogen-bond donors (Lipinski definition) is 2. The molecule has 1 atom stereocenters. The van der Waals surface area contributed by atoms with E-state index in [0.717, 1.165) is 0 Å². The van der Waals surface area contributed by atoms with Crippen molar-refractivity contribution in [1.29, 1.82) is 5.26 Å². The van der Waals surface area contributed by atoms with Crippen LogP contribution in [0, 0.1) is 17.1 Å². The van der Waals surface area contributed by atoms with E-state index in [9.17, 15) is 19.2 Å². The van der Waals surface area contributed by atoms with Gasteiger partial charge in [0.1, 0.15) is 23.2 Å². The van der Waals surface area contributed by atoms with Crippen molar-refractivity contribution in [3.8, 4) is 17.6 Å². The predicted octanol–water partition coefficient (Wildman–Crippen LogP) is 3.89. The Labute approximate surface area is 207 Å². The minimum absolute atomic E-state index is 0.0541. The first-order valence-corrected chi connectivity index (χ1v) is 11.2. The summed E-state index contributed by atoms with van der Waals surface area (Å²) in [7, 11) is 0. The summed E-state index contributed by atoms with van der Waals surface area (Å²) in [6.45, 7) is 5.11. The zero-order chi connectivity index (χ0) is 26.2. The molecule has 9 nitrogen and oxygen atoms in total. The number of rotatable bonds is 9. The molecule has 188 valence electrons. The second-order valence-corrected chi connectivity index (χ2v) is 7.60. The first-order chi connectivity index (χ1) is 17.3. The van der Waals surface area contributed by atoms with E-state index in [-0.39, 0.29) is 48.4 Å². The number of anilines is 1. The number of allylic oxidation sites excluding steroid dienone is 2. The quantitative estimate of drug-likeness (QED) is 0.501. The lowest BCUT2D eigenvalue weighted by molar-refractivity contribution is -0.139. The SMILES string of the molecule is CCOC(=O)C1=C(C)OC(N)=C(C#N)C1c1ccc(OCC(=O)Nc2ccc(F)cc2)c(OCC)c1. The summed E-state index contributed by atoms with van der Waals surface area (Å²) >= 11 is 0. The lowest BCUT2D eigenvalue weighted by Crippen LogP contribution is -2.25. The van der Waals surface area contributed by atoms with Crippen LogP contribution in [0.25, 0.3) is 0 Å². The summed E-state index contributed by atoms with van der Waals surface area (Å²) in [4.78, 5) is 25.0. The highest BCUT2D eigenvalue weighted by Crippen LogP contribution is 2.42. The van der Waals surface area contributed by atoms with Gasteiger partial charge in [-0.3, -0.25) is 4.79 Å². The molecule has 10 heteroatoms. The van der Waals surface area contributed by atoms with Crippen LogP contribution in [0.2, 0.25) is 0 Å². The molecule has 1 aliphatic rings. The topological polar surface area (TPSA) is 133 Å². The molecule has 0 fully saturated rings. The third-order valence-electron chi connectivity index (χ3n) is 5.19. The van der Waals surface area contributed by atoms with Crippen molar-refractivity contribution >= 4 is 17.6 Å². The summed E-state index contributed by atoms with van der Waals surface area (Å²) in [5, 5.41) is 12.4. The molecule has 1 amide bonds. The number of nitrogens with two attached hydrogens (primary N) is 1. The number of halogens is 1. The van der Waals surface area contributed by atoms with Crippen molar-refractivity contribution in [2.24, 2.45) is 5.73 Å². The summed E-state index contributed by atoms with van der Waals surface area (Å²) in [5.74, 6) is -1.65. The highest BCUT2D eigenvalue weighted by molar-refractivity contribution is 5.93. The van der Waals surface area contributed by atoms with Crippen molar-refractivity contribution in [2.45, 2.75) is 26.7 Å².